The summed E-state index contributed by atoms with van der Waals surface area (Å²) in [5, 5.41) is 2.11. The van der Waals surface area contributed by atoms with E-state index in [1.54, 1.807) is 13.8 Å². The van der Waals surface area contributed by atoms with Gasteiger partial charge in [-0.25, -0.2) is 4.39 Å². The van der Waals surface area contributed by atoms with E-state index in [9.17, 15) is 22.4 Å². The number of hydrogen-bond acceptors (Lipinski definition) is 5. The molecule has 1 atom stereocenters. The average molecular weight is 487 g/mol. The van der Waals surface area contributed by atoms with Gasteiger partial charge < -0.3 is 11.1 Å². The summed E-state index contributed by atoms with van der Waals surface area (Å²) in [6.07, 6.45) is -3.43. The van der Waals surface area contributed by atoms with E-state index in [1.165, 1.54) is 36.0 Å². The van der Waals surface area contributed by atoms with Crippen molar-refractivity contribution in [2.45, 2.75) is 31.5 Å². The van der Waals surface area contributed by atoms with Crippen molar-refractivity contribution in [2.24, 2.45) is 5.73 Å². The van der Waals surface area contributed by atoms with Crippen molar-refractivity contribution < 1.29 is 22.4 Å². The Hall–Kier alpha value is -2.56. The van der Waals surface area contributed by atoms with Gasteiger partial charge in [0.25, 0.3) is 5.91 Å². The number of thiazole rings is 1. The van der Waals surface area contributed by atoms with Gasteiger partial charge in [-0.1, -0.05) is 11.6 Å². The van der Waals surface area contributed by atoms with Crippen molar-refractivity contribution in [2.75, 3.05) is 6.54 Å². The first kappa shape index (κ1) is 24.1. The summed E-state index contributed by atoms with van der Waals surface area (Å²) in [6.45, 7) is 2.55. The van der Waals surface area contributed by atoms with Gasteiger partial charge in [-0.15, -0.1) is 11.3 Å². The molecule has 0 fully saturated rings. The Morgan fingerprint density at radius 2 is 1.97 bits per heavy atom. The number of hydrogen-bond donors (Lipinski definition) is 2. The van der Waals surface area contributed by atoms with Crippen LogP contribution in [0.1, 0.15) is 40.7 Å². The molecule has 0 bridgehead atoms. The summed E-state index contributed by atoms with van der Waals surface area (Å²) >= 11 is 6.86. The minimum Gasteiger partial charge on any atom is -0.350 e. The smallest absolute Gasteiger partial charge is 0.350 e. The van der Waals surface area contributed by atoms with Gasteiger partial charge in [-0.2, -0.15) is 13.2 Å². The molecule has 0 saturated carbocycles. The molecule has 2 heterocycles. The highest BCUT2D eigenvalue weighted by molar-refractivity contribution is 7.11. The van der Waals surface area contributed by atoms with Crippen LogP contribution in [0.4, 0.5) is 17.6 Å². The Balaban J connectivity index is 2.04. The molecule has 11 heteroatoms. The lowest BCUT2D eigenvalue weighted by atomic mass is 9.91. The minimum atomic E-state index is -4.71. The van der Waals surface area contributed by atoms with Gasteiger partial charge in [-0.3, -0.25) is 14.8 Å². The number of pyridine rings is 1. The predicted molar refractivity (Wildman–Crippen MR) is 115 cm³/mol. The number of nitrogens with two attached hydrogens (primary N) is 1. The number of nitrogens with one attached hydrogen (secondary N) is 1. The zero-order valence-electron chi connectivity index (χ0n) is 17.0. The number of amides is 1. The standard InChI is InChI=1S/C21H19ClF4N4OS/c1-20(2,27)12-6-16(11-3-4-15(23)14(22)5-11)30-17(7-12)13(21(24,25)26)8-29-19(31)18-9-28-10-32-18/h3-7,9-10,13H,8,27H2,1-2H3,(H,29,31). The Morgan fingerprint density at radius 1 is 1.25 bits per heavy atom. The lowest BCUT2D eigenvalue weighted by Crippen LogP contribution is -2.36. The fraction of sp³-hybridized carbons (Fsp3) is 0.286. The van der Waals surface area contributed by atoms with Crippen LogP contribution in [0.2, 0.25) is 5.02 Å². The molecule has 1 amide bonds. The van der Waals surface area contributed by atoms with Crippen LogP contribution >= 0.6 is 22.9 Å². The second-order valence-electron chi connectivity index (χ2n) is 7.69. The third-order valence-electron chi connectivity index (χ3n) is 4.68. The Kier molecular flexibility index (Phi) is 6.87. The van der Waals surface area contributed by atoms with Crippen LogP contribution < -0.4 is 11.1 Å². The molecule has 1 unspecified atom stereocenters. The van der Waals surface area contributed by atoms with Crippen LogP contribution in [-0.2, 0) is 5.54 Å². The van der Waals surface area contributed by atoms with E-state index in [2.05, 4.69) is 15.3 Å². The largest absolute Gasteiger partial charge is 0.398 e. The monoisotopic (exact) mass is 486 g/mol. The van der Waals surface area contributed by atoms with E-state index >= 15 is 0 Å². The Labute approximate surface area is 190 Å². The molecule has 2 aromatic heterocycles. The van der Waals surface area contributed by atoms with Gasteiger partial charge in [0.2, 0.25) is 0 Å². The van der Waals surface area contributed by atoms with Crippen LogP contribution in [0.25, 0.3) is 11.3 Å². The first-order chi connectivity index (χ1) is 14.9. The first-order valence-corrected chi connectivity index (χ1v) is 10.6. The average Bonchev–Trinajstić information content (AvgIpc) is 3.23. The van der Waals surface area contributed by atoms with Gasteiger partial charge >= 0.3 is 6.18 Å². The van der Waals surface area contributed by atoms with Crippen molar-refractivity contribution in [3.63, 3.8) is 0 Å². The Morgan fingerprint density at radius 3 is 2.53 bits per heavy atom. The van der Waals surface area contributed by atoms with Crippen LogP contribution in [0, 0.1) is 5.82 Å². The summed E-state index contributed by atoms with van der Waals surface area (Å²) < 4.78 is 55.5. The van der Waals surface area contributed by atoms with Crippen LogP contribution in [-0.4, -0.2) is 28.6 Å². The van der Waals surface area contributed by atoms with Crippen LogP contribution in [0.3, 0.4) is 0 Å². The third kappa shape index (κ3) is 5.62. The first-order valence-electron chi connectivity index (χ1n) is 9.36. The molecule has 170 valence electrons. The van der Waals surface area contributed by atoms with Crippen molar-refractivity contribution >= 4 is 28.8 Å². The highest BCUT2D eigenvalue weighted by Crippen LogP contribution is 2.36. The number of nitrogens with zero attached hydrogens (tertiary/aromatic N) is 2. The number of carbonyl (C=O) groups is 1. The zero-order valence-corrected chi connectivity index (χ0v) is 18.6. The maximum Gasteiger partial charge on any atom is 0.398 e. The van der Waals surface area contributed by atoms with Crippen LogP contribution in [0.15, 0.2) is 42.0 Å². The summed E-state index contributed by atoms with van der Waals surface area (Å²) in [5.41, 5.74) is 7.12. The van der Waals surface area contributed by atoms with Crippen molar-refractivity contribution in [3.05, 3.63) is 69.0 Å². The molecule has 0 aliphatic carbocycles. The van der Waals surface area contributed by atoms with E-state index in [0.29, 0.717) is 11.1 Å². The molecular formula is C21H19ClF4N4OS. The quantitative estimate of drug-likeness (QED) is 0.465. The molecular weight excluding hydrogens is 468 g/mol. The molecule has 0 aliphatic rings. The fourth-order valence-corrected chi connectivity index (χ4v) is 3.62. The molecule has 3 aromatic rings. The van der Waals surface area contributed by atoms with E-state index in [1.807, 2.05) is 0 Å². The molecule has 0 spiro atoms. The maximum atomic E-state index is 14.0. The van der Waals surface area contributed by atoms with Gasteiger partial charge in [0, 0.05) is 17.6 Å². The second kappa shape index (κ2) is 9.13. The normalized spacial score (nSPS) is 13.1. The number of alkyl halides is 3. The molecule has 32 heavy (non-hydrogen) atoms. The lowest BCUT2D eigenvalue weighted by Gasteiger charge is -2.25. The molecule has 3 N–H and O–H groups in total. The number of aromatic nitrogens is 2. The fourth-order valence-electron chi connectivity index (χ4n) is 2.90. The van der Waals surface area contributed by atoms with E-state index in [-0.39, 0.29) is 21.3 Å². The molecule has 0 radical (unpaired) electrons. The van der Waals surface area contributed by atoms with Crippen molar-refractivity contribution in [1.82, 2.24) is 15.3 Å². The summed E-state index contributed by atoms with van der Waals surface area (Å²) in [6, 6.07) is 6.57. The topological polar surface area (TPSA) is 80.9 Å². The Bertz CT molecular complexity index is 1110. The SMILES string of the molecule is CC(C)(N)c1cc(-c2ccc(F)c(Cl)c2)nc(C(CNC(=O)c2cncs2)C(F)(F)F)c1. The number of halogens is 5. The minimum absolute atomic E-state index is 0.154. The predicted octanol–water partition coefficient (Wildman–Crippen LogP) is 5.27. The highest BCUT2D eigenvalue weighted by Gasteiger charge is 2.42. The van der Waals surface area contributed by atoms with Gasteiger partial charge in [0.15, 0.2) is 0 Å². The highest BCUT2D eigenvalue weighted by atomic mass is 35.5. The second-order valence-corrected chi connectivity index (χ2v) is 8.98. The number of carbonyl (C=O) groups excluding carboxylic acids is 1. The maximum absolute atomic E-state index is 14.0. The van der Waals surface area contributed by atoms with E-state index in [0.717, 1.165) is 17.4 Å². The lowest BCUT2D eigenvalue weighted by molar-refractivity contribution is -0.149. The van der Waals surface area contributed by atoms with E-state index < -0.39 is 35.9 Å². The van der Waals surface area contributed by atoms with Crippen molar-refractivity contribution in [1.29, 1.82) is 0 Å². The van der Waals surface area contributed by atoms with E-state index in [4.69, 9.17) is 17.3 Å². The summed E-state index contributed by atoms with van der Waals surface area (Å²) in [5.74, 6) is -3.43. The summed E-state index contributed by atoms with van der Waals surface area (Å²) in [4.78, 5) is 20.3. The zero-order chi connectivity index (χ0) is 23.7. The molecule has 5 nitrogen and oxygen atoms in total. The van der Waals surface area contributed by atoms with Gasteiger partial charge in [0.1, 0.15) is 16.6 Å². The third-order valence-corrected chi connectivity index (χ3v) is 5.74. The molecule has 0 aliphatic heterocycles. The van der Waals surface area contributed by atoms with Gasteiger partial charge in [0.05, 0.1) is 28.1 Å². The molecule has 3 rings (SSSR count). The van der Waals surface area contributed by atoms with Crippen LogP contribution in [0.5, 0.6) is 0 Å². The summed E-state index contributed by atoms with van der Waals surface area (Å²) in [7, 11) is 0. The number of benzene rings is 1. The number of rotatable bonds is 6. The van der Waals surface area contributed by atoms with Crippen molar-refractivity contribution in [3.8, 4) is 11.3 Å². The molecule has 0 saturated heterocycles. The van der Waals surface area contributed by atoms with Gasteiger partial charge in [-0.05, 0) is 49.7 Å². The molecule has 1 aromatic carbocycles.